The number of benzene rings is 1. The summed E-state index contributed by atoms with van der Waals surface area (Å²) in [4.78, 5) is 9.02. The number of aliphatic hydroxyl groups excluding tert-OH is 1. The molecule has 0 saturated heterocycles. The molecule has 0 radical (unpaired) electrons. The first-order valence-electron chi connectivity index (χ1n) is 8.17. The molecule has 128 valence electrons. The van der Waals surface area contributed by atoms with Crippen LogP contribution in [0.15, 0.2) is 54.9 Å². The third kappa shape index (κ3) is 3.51. The number of imidazole rings is 1. The molecule has 0 amide bonds. The lowest BCUT2D eigenvalue weighted by atomic mass is 10.1. The Labute approximate surface area is 146 Å². The highest BCUT2D eigenvalue weighted by molar-refractivity contribution is 5.80. The molecule has 0 aliphatic heterocycles. The molecule has 5 heteroatoms. The van der Waals surface area contributed by atoms with Gasteiger partial charge >= 0.3 is 0 Å². The molecule has 4 nitrogen and oxygen atoms in total. The van der Waals surface area contributed by atoms with Crippen molar-refractivity contribution in [2.24, 2.45) is 0 Å². The summed E-state index contributed by atoms with van der Waals surface area (Å²) in [5.41, 5.74) is 3.37. The van der Waals surface area contributed by atoms with Gasteiger partial charge in [-0.05, 0) is 42.5 Å². The van der Waals surface area contributed by atoms with E-state index in [1.807, 2.05) is 16.7 Å². The molecule has 0 spiro atoms. The SMILES string of the molecule is CC(C)c1nc(-c2cccnc2)c(-c2ccc(F)cc2)n1C=CCO. The van der Waals surface area contributed by atoms with E-state index >= 15 is 0 Å². The number of halogens is 1. The van der Waals surface area contributed by atoms with Gasteiger partial charge in [0, 0.05) is 35.6 Å². The molecule has 0 saturated carbocycles. The second kappa shape index (κ2) is 7.40. The molecule has 3 rings (SSSR count). The van der Waals surface area contributed by atoms with Crippen LogP contribution in [0.3, 0.4) is 0 Å². The van der Waals surface area contributed by atoms with Crippen molar-refractivity contribution in [1.82, 2.24) is 14.5 Å². The van der Waals surface area contributed by atoms with Crippen LogP contribution in [0.4, 0.5) is 4.39 Å². The van der Waals surface area contributed by atoms with Gasteiger partial charge in [-0.3, -0.25) is 4.98 Å². The number of hydrogen-bond donors (Lipinski definition) is 1. The normalized spacial score (nSPS) is 11.6. The van der Waals surface area contributed by atoms with Crippen LogP contribution in [0, 0.1) is 5.82 Å². The Morgan fingerprint density at radius 3 is 2.52 bits per heavy atom. The summed E-state index contributed by atoms with van der Waals surface area (Å²) in [6.07, 6.45) is 6.95. The van der Waals surface area contributed by atoms with Crippen LogP contribution in [-0.2, 0) is 0 Å². The molecule has 0 fully saturated rings. The fraction of sp³-hybridized carbons (Fsp3) is 0.200. The second-order valence-electron chi connectivity index (χ2n) is 6.01. The monoisotopic (exact) mass is 337 g/mol. The Morgan fingerprint density at radius 2 is 1.92 bits per heavy atom. The van der Waals surface area contributed by atoms with Gasteiger partial charge < -0.3 is 9.67 Å². The van der Waals surface area contributed by atoms with Crippen molar-refractivity contribution in [1.29, 1.82) is 0 Å². The quantitative estimate of drug-likeness (QED) is 0.753. The van der Waals surface area contributed by atoms with E-state index in [9.17, 15) is 9.50 Å². The number of pyridine rings is 1. The molecule has 0 unspecified atom stereocenters. The maximum absolute atomic E-state index is 13.4. The summed E-state index contributed by atoms with van der Waals surface area (Å²) in [7, 11) is 0. The number of nitrogens with zero attached hydrogens (tertiary/aromatic N) is 3. The Hall–Kier alpha value is -2.79. The molecule has 1 N–H and O–H groups in total. The molecule has 1 aromatic carbocycles. The van der Waals surface area contributed by atoms with Crippen LogP contribution in [0.25, 0.3) is 28.7 Å². The number of hydrogen-bond acceptors (Lipinski definition) is 3. The predicted molar refractivity (Wildman–Crippen MR) is 97.4 cm³/mol. The van der Waals surface area contributed by atoms with Gasteiger partial charge in [0.2, 0.25) is 0 Å². The van der Waals surface area contributed by atoms with E-state index in [1.54, 1.807) is 36.8 Å². The van der Waals surface area contributed by atoms with Gasteiger partial charge in [-0.15, -0.1) is 0 Å². The van der Waals surface area contributed by atoms with Crippen molar-refractivity contribution in [2.45, 2.75) is 19.8 Å². The topological polar surface area (TPSA) is 50.9 Å². The molecule has 2 heterocycles. The van der Waals surface area contributed by atoms with Crippen molar-refractivity contribution < 1.29 is 9.50 Å². The summed E-state index contributed by atoms with van der Waals surface area (Å²) in [5, 5.41) is 9.20. The van der Waals surface area contributed by atoms with Gasteiger partial charge in [0.1, 0.15) is 11.6 Å². The van der Waals surface area contributed by atoms with Crippen LogP contribution in [0.5, 0.6) is 0 Å². The van der Waals surface area contributed by atoms with E-state index in [0.717, 1.165) is 28.3 Å². The summed E-state index contributed by atoms with van der Waals surface area (Å²) >= 11 is 0. The van der Waals surface area contributed by atoms with E-state index in [4.69, 9.17) is 4.98 Å². The number of rotatable bonds is 5. The van der Waals surface area contributed by atoms with Gasteiger partial charge in [0.05, 0.1) is 18.0 Å². The van der Waals surface area contributed by atoms with Crippen molar-refractivity contribution >= 4 is 6.20 Å². The molecule has 0 bridgehead atoms. The van der Waals surface area contributed by atoms with Gasteiger partial charge in [0.25, 0.3) is 0 Å². The van der Waals surface area contributed by atoms with Gasteiger partial charge in [-0.1, -0.05) is 13.8 Å². The molecule has 2 aromatic heterocycles. The van der Waals surface area contributed by atoms with E-state index in [-0.39, 0.29) is 18.3 Å². The van der Waals surface area contributed by atoms with Crippen LogP contribution in [-0.4, -0.2) is 26.2 Å². The van der Waals surface area contributed by atoms with E-state index < -0.39 is 0 Å². The Kier molecular flexibility index (Phi) is 5.05. The zero-order valence-electron chi connectivity index (χ0n) is 14.2. The standard InChI is InChI=1S/C20H20FN3O/c1-14(2)20-23-18(16-5-3-10-22-13-16)19(24(20)11-4-12-25)15-6-8-17(21)9-7-15/h3-11,13-14,25H,12H2,1-2H3. The molecule has 0 aliphatic carbocycles. The molecule has 3 aromatic rings. The van der Waals surface area contributed by atoms with E-state index in [2.05, 4.69) is 18.8 Å². The Balaban J connectivity index is 2.30. The highest BCUT2D eigenvalue weighted by Gasteiger charge is 2.20. The average molecular weight is 337 g/mol. The zero-order chi connectivity index (χ0) is 17.8. The Bertz CT molecular complexity index is 868. The zero-order valence-corrected chi connectivity index (χ0v) is 14.2. The molecule has 0 atom stereocenters. The largest absolute Gasteiger partial charge is 0.392 e. The van der Waals surface area contributed by atoms with Crippen molar-refractivity contribution in [3.8, 4) is 22.5 Å². The molecular formula is C20H20FN3O. The molecule has 0 aliphatic rings. The lowest BCUT2D eigenvalue weighted by Crippen LogP contribution is -2.01. The summed E-state index contributed by atoms with van der Waals surface area (Å²) < 4.78 is 15.3. The minimum Gasteiger partial charge on any atom is -0.392 e. The van der Waals surface area contributed by atoms with Gasteiger partial charge in [-0.25, -0.2) is 9.37 Å². The summed E-state index contributed by atoms with van der Waals surface area (Å²) in [6, 6.07) is 10.2. The lowest BCUT2D eigenvalue weighted by molar-refractivity contribution is 0.343. The first kappa shape index (κ1) is 17.0. The van der Waals surface area contributed by atoms with Gasteiger partial charge in [0.15, 0.2) is 0 Å². The van der Waals surface area contributed by atoms with Gasteiger partial charge in [-0.2, -0.15) is 0 Å². The van der Waals surface area contributed by atoms with Crippen molar-refractivity contribution in [2.75, 3.05) is 6.61 Å². The highest BCUT2D eigenvalue weighted by Crippen LogP contribution is 2.35. The van der Waals surface area contributed by atoms with Crippen LogP contribution in [0.2, 0.25) is 0 Å². The summed E-state index contributed by atoms with van der Waals surface area (Å²) in [6.45, 7) is 4.06. The fourth-order valence-electron chi connectivity index (χ4n) is 2.75. The van der Waals surface area contributed by atoms with E-state index in [0.29, 0.717) is 0 Å². The van der Waals surface area contributed by atoms with Crippen LogP contribution < -0.4 is 0 Å². The third-order valence-corrected chi connectivity index (χ3v) is 3.87. The number of aromatic nitrogens is 3. The molecular weight excluding hydrogens is 317 g/mol. The minimum atomic E-state index is -0.285. The lowest BCUT2D eigenvalue weighted by Gasteiger charge is -2.10. The number of aliphatic hydroxyl groups is 1. The third-order valence-electron chi connectivity index (χ3n) is 3.87. The first-order chi connectivity index (χ1) is 12.1. The van der Waals surface area contributed by atoms with Crippen molar-refractivity contribution in [3.05, 3.63) is 66.5 Å². The smallest absolute Gasteiger partial charge is 0.123 e. The minimum absolute atomic E-state index is 0.0687. The second-order valence-corrected chi connectivity index (χ2v) is 6.01. The fourth-order valence-corrected chi connectivity index (χ4v) is 2.75. The van der Waals surface area contributed by atoms with Crippen molar-refractivity contribution in [3.63, 3.8) is 0 Å². The maximum atomic E-state index is 13.4. The first-order valence-corrected chi connectivity index (χ1v) is 8.17. The summed E-state index contributed by atoms with van der Waals surface area (Å²) in [5.74, 6) is 0.753. The average Bonchev–Trinajstić information content (AvgIpc) is 3.01. The maximum Gasteiger partial charge on any atom is 0.123 e. The predicted octanol–water partition coefficient (Wildman–Crippen LogP) is 4.34. The molecule has 25 heavy (non-hydrogen) atoms. The Morgan fingerprint density at radius 1 is 1.16 bits per heavy atom. The van der Waals surface area contributed by atoms with Crippen LogP contribution >= 0.6 is 0 Å². The van der Waals surface area contributed by atoms with E-state index in [1.165, 1.54) is 12.1 Å². The van der Waals surface area contributed by atoms with Crippen LogP contribution in [0.1, 0.15) is 25.6 Å². The highest BCUT2D eigenvalue weighted by atomic mass is 19.1.